The van der Waals surface area contributed by atoms with Gasteiger partial charge < -0.3 is 0 Å². The van der Waals surface area contributed by atoms with E-state index in [0.29, 0.717) is 0 Å². The quantitative estimate of drug-likeness (QED) is 0.565. The molecule has 0 N–H and O–H groups in total. The second-order valence-electron chi connectivity index (χ2n) is 1.00. The average Bonchev–Trinajstić information content (AvgIpc) is 1.64. The maximum absolute atomic E-state index is 11.2. The summed E-state index contributed by atoms with van der Waals surface area (Å²) in [6, 6.07) is 0. The van der Waals surface area contributed by atoms with E-state index in [1.807, 2.05) is 0 Å². The molecule has 0 bridgehead atoms. The summed E-state index contributed by atoms with van der Waals surface area (Å²) in [4.78, 5) is 8.23. The number of alkyl halides is 4. The van der Waals surface area contributed by atoms with Gasteiger partial charge in [0.1, 0.15) is 0 Å². The molecule has 0 aromatic rings. The van der Waals surface area contributed by atoms with Crippen molar-refractivity contribution in [3.8, 4) is 0 Å². The second kappa shape index (κ2) is 3.20. The molecule has 8 heavy (non-hydrogen) atoms. The van der Waals surface area contributed by atoms with E-state index in [2.05, 4.69) is 0 Å². The molecule has 0 spiro atoms. The molecular weight excluding hydrogens is 161 g/mol. The molecule has 0 saturated carbocycles. The fourth-order valence-corrected chi connectivity index (χ4v) is 0.286. The van der Waals surface area contributed by atoms with Crippen LogP contribution in [0, 0.1) is 0 Å². The van der Waals surface area contributed by atoms with Crippen molar-refractivity contribution in [1.82, 2.24) is 0 Å². The predicted octanol–water partition coefficient (Wildman–Crippen LogP) is 1.62. The molecule has 0 aromatic heterocycles. The van der Waals surface area contributed by atoms with Crippen LogP contribution in [-0.2, 0) is 4.79 Å². The predicted molar refractivity (Wildman–Crippen MR) is 26.5 cm³/mol. The molecule has 48 valence electrons. The zero-order chi connectivity index (χ0) is 6.73. The van der Waals surface area contributed by atoms with Gasteiger partial charge in [-0.05, 0) is 0 Å². The Morgan fingerprint density at radius 1 is 1.38 bits per heavy atom. The van der Waals surface area contributed by atoms with E-state index in [0.717, 1.165) is 0 Å². The number of ketones is 1. The molecule has 0 saturated heterocycles. The fourth-order valence-electron chi connectivity index (χ4n) is 0.0952. The number of rotatable bonds is 2. The average molecular weight is 163 g/mol. The minimum atomic E-state index is -3.06. The Morgan fingerprint density at radius 2 is 1.75 bits per heavy atom. The van der Waals surface area contributed by atoms with Gasteiger partial charge in [0.25, 0.3) is 6.43 Å². The monoisotopic (exact) mass is 162 g/mol. The molecule has 0 fully saturated rings. The van der Waals surface area contributed by atoms with Crippen molar-refractivity contribution < 1.29 is 13.6 Å². The van der Waals surface area contributed by atoms with Crippen LogP contribution >= 0.6 is 23.2 Å². The van der Waals surface area contributed by atoms with Crippen molar-refractivity contribution >= 4 is 29.0 Å². The van der Waals surface area contributed by atoms with Crippen molar-refractivity contribution in [3.63, 3.8) is 0 Å². The van der Waals surface area contributed by atoms with Gasteiger partial charge in [0.05, 0.1) is 0 Å². The summed E-state index contributed by atoms with van der Waals surface area (Å²) in [5, 5.41) is 0. The zero-order valence-corrected chi connectivity index (χ0v) is 5.09. The van der Waals surface area contributed by atoms with Crippen molar-refractivity contribution in [2.75, 3.05) is 0 Å². The van der Waals surface area contributed by atoms with Gasteiger partial charge in [0, 0.05) is 0 Å². The summed E-state index contributed by atoms with van der Waals surface area (Å²) >= 11 is 9.52. The smallest absolute Gasteiger partial charge is 0.290 e. The molecule has 5 heteroatoms. The maximum atomic E-state index is 11.2. The van der Waals surface area contributed by atoms with Gasteiger partial charge in [0.2, 0.25) is 5.78 Å². The third-order valence-electron chi connectivity index (χ3n) is 0.430. The first-order valence-corrected chi connectivity index (χ1v) is 2.53. The highest BCUT2D eigenvalue weighted by Crippen LogP contribution is 2.08. The van der Waals surface area contributed by atoms with E-state index in [-0.39, 0.29) is 0 Å². The largest absolute Gasteiger partial charge is 0.298 e. The molecule has 0 heterocycles. The van der Waals surface area contributed by atoms with Crippen LogP contribution in [0.3, 0.4) is 0 Å². The van der Waals surface area contributed by atoms with Gasteiger partial charge >= 0.3 is 0 Å². The lowest BCUT2D eigenvalue weighted by Gasteiger charge is -1.95. The number of hydrogen-bond acceptors (Lipinski definition) is 1. The minimum absolute atomic E-state index is 1.45. The standard InChI is InChI=1S/C3H2Cl2F2O/c4-2(5)1(8)3(6)7/h2-3H. The Hall–Kier alpha value is 0.110. The van der Waals surface area contributed by atoms with Gasteiger partial charge in [-0.3, -0.25) is 4.79 Å². The first-order chi connectivity index (χ1) is 3.55. The van der Waals surface area contributed by atoms with Gasteiger partial charge in [-0.25, -0.2) is 8.78 Å². The number of carbonyl (C=O) groups is 1. The van der Waals surface area contributed by atoms with Crippen LogP contribution in [0.15, 0.2) is 0 Å². The van der Waals surface area contributed by atoms with Crippen LogP contribution in [-0.4, -0.2) is 17.0 Å². The first-order valence-electron chi connectivity index (χ1n) is 1.65. The Morgan fingerprint density at radius 3 is 1.75 bits per heavy atom. The van der Waals surface area contributed by atoms with Crippen molar-refractivity contribution in [3.05, 3.63) is 0 Å². The van der Waals surface area contributed by atoms with Crippen molar-refractivity contribution in [2.24, 2.45) is 0 Å². The van der Waals surface area contributed by atoms with Gasteiger partial charge in [-0.15, -0.1) is 0 Å². The number of carbonyl (C=O) groups excluding carboxylic acids is 1. The van der Waals surface area contributed by atoms with E-state index >= 15 is 0 Å². The van der Waals surface area contributed by atoms with Crippen LogP contribution < -0.4 is 0 Å². The third kappa shape index (κ3) is 2.43. The molecule has 0 rings (SSSR count). The van der Waals surface area contributed by atoms with E-state index in [4.69, 9.17) is 23.2 Å². The fraction of sp³-hybridized carbons (Fsp3) is 0.667. The molecule has 0 aromatic carbocycles. The molecule has 1 nitrogen and oxygen atoms in total. The summed E-state index contributed by atoms with van der Waals surface area (Å²) in [7, 11) is 0. The molecule has 0 unspecified atom stereocenters. The first kappa shape index (κ1) is 8.11. The van der Waals surface area contributed by atoms with E-state index < -0.39 is 17.0 Å². The maximum Gasteiger partial charge on any atom is 0.298 e. The SMILES string of the molecule is O=C(C(F)F)C(Cl)Cl. The molecule has 0 radical (unpaired) electrons. The number of halogens is 4. The van der Waals surface area contributed by atoms with Crippen LogP contribution in [0.25, 0.3) is 0 Å². The van der Waals surface area contributed by atoms with Crippen molar-refractivity contribution in [1.29, 1.82) is 0 Å². The molecular formula is C3H2Cl2F2O. The van der Waals surface area contributed by atoms with Crippen LogP contribution in [0.5, 0.6) is 0 Å². The highest BCUT2D eigenvalue weighted by molar-refractivity contribution is 6.54. The summed E-state index contributed by atoms with van der Waals surface area (Å²) in [5.74, 6) is -1.45. The number of Topliss-reactive ketones (excluding diaryl/α,β-unsaturated/α-hetero) is 1. The molecule has 0 aliphatic heterocycles. The highest BCUT2D eigenvalue weighted by atomic mass is 35.5. The van der Waals surface area contributed by atoms with E-state index in [9.17, 15) is 13.6 Å². The van der Waals surface area contributed by atoms with Gasteiger partial charge in [0.15, 0.2) is 4.84 Å². The Balaban J connectivity index is 3.65. The zero-order valence-electron chi connectivity index (χ0n) is 3.57. The van der Waals surface area contributed by atoms with Crippen LogP contribution in [0.1, 0.15) is 0 Å². The minimum Gasteiger partial charge on any atom is -0.290 e. The summed E-state index contributed by atoms with van der Waals surface area (Å²) in [5.41, 5.74) is 0. The van der Waals surface area contributed by atoms with Crippen molar-refractivity contribution in [2.45, 2.75) is 11.3 Å². The summed E-state index contributed by atoms with van der Waals surface area (Å²) in [6.45, 7) is 0. The van der Waals surface area contributed by atoms with Gasteiger partial charge in [-0.1, -0.05) is 23.2 Å². The van der Waals surface area contributed by atoms with Crippen LogP contribution in [0.2, 0.25) is 0 Å². The van der Waals surface area contributed by atoms with Crippen LogP contribution in [0.4, 0.5) is 8.78 Å². The molecule has 0 atom stereocenters. The summed E-state index contributed by atoms with van der Waals surface area (Å²) < 4.78 is 22.3. The lowest BCUT2D eigenvalue weighted by molar-refractivity contribution is -0.127. The van der Waals surface area contributed by atoms with E-state index in [1.54, 1.807) is 0 Å². The normalized spacial score (nSPS) is 10.8. The van der Waals surface area contributed by atoms with Gasteiger partial charge in [-0.2, -0.15) is 0 Å². The highest BCUT2D eigenvalue weighted by Gasteiger charge is 2.21. The third-order valence-corrected chi connectivity index (χ3v) is 0.860. The Labute approximate surface area is 54.6 Å². The summed E-state index contributed by atoms with van der Waals surface area (Å²) in [6.07, 6.45) is -3.06. The Bertz CT molecular complexity index is 83.3. The molecule has 0 aliphatic rings. The topological polar surface area (TPSA) is 17.1 Å². The lowest BCUT2D eigenvalue weighted by Crippen LogP contribution is -2.16. The second-order valence-corrected chi connectivity index (χ2v) is 2.10. The van der Waals surface area contributed by atoms with E-state index in [1.165, 1.54) is 0 Å². The molecule has 0 aliphatic carbocycles. The number of hydrogen-bond donors (Lipinski definition) is 0. The lowest BCUT2D eigenvalue weighted by atomic mass is 10.5. The molecule has 0 amide bonds. The Kier molecular flexibility index (Phi) is 3.24.